The molecule has 1 aliphatic rings. The Morgan fingerprint density at radius 1 is 1.07 bits per heavy atom. The smallest absolute Gasteiger partial charge is 0.367 e. The third kappa shape index (κ3) is 4.47. The van der Waals surface area contributed by atoms with Gasteiger partial charge >= 0.3 is 12.2 Å². The zero-order valence-corrected chi connectivity index (χ0v) is 15.4. The number of urea groups is 1. The van der Waals surface area contributed by atoms with Crippen LogP contribution in [0, 0.1) is 6.92 Å². The van der Waals surface area contributed by atoms with E-state index in [1.165, 1.54) is 6.07 Å². The van der Waals surface area contributed by atoms with E-state index in [0.717, 1.165) is 23.4 Å². The first-order valence-corrected chi connectivity index (χ1v) is 8.87. The van der Waals surface area contributed by atoms with E-state index >= 15 is 0 Å². The van der Waals surface area contributed by atoms with Crippen LogP contribution in [0.4, 0.5) is 29.3 Å². The molecule has 1 heterocycles. The van der Waals surface area contributed by atoms with Crippen molar-refractivity contribution in [3.8, 4) is 0 Å². The summed E-state index contributed by atoms with van der Waals surface area (Å²) in [6, 6.07) is 10.5. The molecule has 1 fully saturated rings. The third-order valence-electron chi connectivity index (χ3n) is 4.57. The molecule has 0 bridgehead atoms. The molecule has 0 radical (unpaired) electrons. The summed E-state index contributed by atoms with van der Waals surface area (Å²) < 4.78 is 38.9. The maximum Gasteiger partial charge on any atom is 0.416 e. The Morgan fingerprint density at radius 3 is 2.37 bits per heavy atom. The number of aryl methyl sites for hydroxylation is 1. The number of carbonyl (C=O) groups is 1. The highest BCUT2D eigenvalue weighted by Gasteiger charge is 2.32. The minimum absolute atomic E-state index is 0.223. The van der Waals surface area contributed by atoms with Crippen molar-refractivity contribution in [1.82, 2.24) is 4.90 Å². The second-order valence-corrected chi connectivity index (χ2v) is 6.79. The Hall–Kier alpha value is -2.41. The number of para-hydroxylation sites is 1. The second kappa shape index (κ2) is 7.68. The number of nitrogens with one attached hydrogen (secondary N) is 1. The Kier molecular flexibility index (Phi) is 5.51. The van der Waals surface area contributed by atoms with Crippen LogP contribution in [0.1, 0.15) is 11.1 Å². The summed E-state index contributed by atoms with van der Waals surface area (Å²) in [5.41, 5.74) is 1.30. The predicted octanol–water partition coefficient (Wildman–Crippen LogP) is 5.02. The van der Waals surface area contributed by atoms with Crippen LogP contribution in [0.5, 0.6) is 0 Å². The van der Waals surface area contributed by atoms with E-state index in [-0.39, 0.29) is 11.1 Å². The summed E-state index contributed by atoms with van der Waals surface area (Å²) in [5.74, 6) is 0. The molecule has 4 nitrogen and oxygen atoms in total. The molecule has 3 rings (SSSR count). The lowest BCUT2D eigenvalue weighted by Gasteiger charge is -2.36. The van der Waals surface area contributed by atoms with Gasteiger partial charge in [-0.2, -0.15) is 13.2 Å². The molecule has 1 saturated heterocycles. The average molecular weight is 398 g/mol. The van der Waals surface area contributed by atoms with Gasteiger partial charge in [0.05, 0.1) is 16.3 Å². The van der Waals surface area contributed by atoms with Gasteiger partial charge in [0, 0.05) is 31.9 Å². The van der Waals surface area contributed by atoms with Crippen LogP contribution in [0.25, 0.3) is 0 Å². The lowest BCUT2D eigenvalue weighted by atomic mass is 10.1. The lowest BCUT2D eigenvalue weighted by Crippen LogP contribution is -2.50. The lowest BCUT2D eigenvalue weighted by molar-refractivity contribution is -0.137. The van der Waals surface area contributed by atoms with Crippen LogP contribution in [-0.4, -0.2) is 37.1 Å². The highest BCUT2D eigenvalue weighted by molar-refractivity contribution is 6.33. The van der Waals surface area contributed by atoms with Gasteiger partial charge in [0.25, 0.3) is 0 Å². The molecule has 2 amide bonds. The van der Waals surface area contributed by atoms with Crippen molar-refractivity contribution in [3.63, 3.8) is 0 Å². The van der Waals surface area contributed by atoms with Crippen LogP contribution in [-0.2, 0) is 6.18 Å². The largest absolute Gasteiger partial charge is 0.416 e. The molecule has 2 aromatic rings. The first-order chi connectivity index (χ1) is 12.8. The molecule has 2 aromatic carbocycles. The molecule has 8 heteroatoms. The van der Waals surface area contributed by atoms with Crippen LogP contribution in [0.3, 0.4) is 0 Å². The minimum atomic E-state index is -4.42. The predicted molar refractivity (Wildman–Crippen MR) is 100 cm³/mol. The highest BCUT2D eigenvalue weighted by Crippen LogP contribution is 2.35. The molecule has 1 N–H and O–H groups in total. The fraction of sp³-hybridized carbons (Fsp3) is 0.316. The van der Waals surface area contributed by atoms with E-state index in [4.69, 9.17) is 11.6 Å². The van der Waals surface area contributed by atoms with Gasteiger partial charge in [-0.25, -0.2) is 4.79 Å². The minimum Gasteiger partial charge on any atom is -0.367 e. The van der Waals surface area contributed by atoms with E-state index in [2.05, 4.69) is 5.32 Å². The number of hydrogen-bond donors (Lipinski definition) is 1. The Labute approximate surface area is 160 Å². The van der Waals surface area contributed by atoms with Gasteiger partial charge < -0.3 is 15.1 Å². The van der Waals surface area contributed by atoms with E-state index in [9.17, 15) is 18.0 Å². The summed E-state index contributed by atoms with van der Waals surface area (Å²) in [6.45, 7) is 3.50. The topological polar surface area (TPSA) is 35.6 Å². The maximum atomic E-state index is 13.0. The fourth-order valence-corrected chi connectivity index (χ4v) is 3.23. The van der Waals surface area contributed by atoms with E-state index in [1.807, 2.05) is 31.2 Å². The van der Waals surface area contributed by atoms with Gasteiger partial charge in [-0.15, -0.1) is 0 Å². The van der Waals surface area contributed by atoms with Gasteiger partial charge in [-0.05, 0) is 36.8 Å². The molecule has 0 saturated carbocycles. The SMILES string of the molecule is Cc1ccccc1NC(=O)N1CCN(c2cc(C(F)(F)F)ccc2Cl)CC1. The normalized spacial score (nSPS) is 15.0. The van der Waals surface area contributed by atoms with Gasteiger partial charge in [0.2, 0.25) is 0 Å². The van der Waals surface area contributed by atoms with Crippen molar-refractivity contribution in [3.05, 3.63) is 58.6 Å². The van der Waals surface area contributed by atoms with Crippen LogP contribution in [0.2, 0.25) is 5.02 Å². The monoisotopic (exact) mass is 397 g/mol. The molecule has 0 atom stereocenters. The zero-order valence-electron chi connectivity index (χ0n) is 14.7. The quantitative estimate of drug-likeness (QED) is 0.772. The summed E-state index contributed by atoms with van der Waals surface area (Å²) in [5, 5.41) is 3.13. The maximum absolute atomic E-state index is 13.0. The van der Waals surface area contributed by atoms with Gasteiger partial charge in [0.15, 0.2) is 0 Å². The van der Waals surface area contributed by atoms with Crippen LogP contribution < -0.4 is 10.2 Å². The van der Waals surface area contributed by atoms with E-state index in [1.54, 1.807) is 9.80 Å². The summed E-state index contributed by atoms with van der Waals surface area (Å²) in [4.78, 5) is 15.9. The Morgan fingerprint density at radius 2 is 1.74 bits per heavy atom. The molecule has 0 aromatic heterocycles. The summed E-state index contributed by atoms with van der Waals surface area (Å²) >= 11 is 6.10. The second-order valence-electron chi connectivity index (χ2n) is 6.38. The number of anilines is 2. The number of benzene rings is 2. The van der Waals surface area contributed by atoms with E-state index in [0.29, 0.717) is 31.9 Å². The van der Waals surface area contributed by atoms with Crippen molar-refractivity contribution in [2.24, 2.45) is 0 Å². The Balaban J connectivity index is 1.65. The molecular formula is C19H19ClF3N3O. The van der Waals surface area contributed by atoms with E-state index < -0.39 is 11.7 Å². The number of rotatable bonds is 2. The number of piperazine rings is 1. The van der Waals surface area contributed by atoms with Gasteiger partial charge in [-0.1, -0.05) is 29.8 Å². The van der Waals surface area contributed by atoms with Crippen molar-refractivity contribution in [1.29, 1.82) is 0 Å². The molecule has 0 aliphatic carbocycles. The number of carbonyl (C=O) groups excluding carboxylic acids is 1. The summed E-state index contributed by atoms with van der Waals surface area (Å²) in [7, 11) is 0. The molecule has 144 valence electrons. The van der Waals surface area contributed by atoms with Crippen molar-refractivity contribution < 1.29 is 18.0 Å². The number of amides is 2. The number of halogens is 4. The summed E-state index contributed by atoms with van der Waals surface area (Å²) in [6.07, 6.45) is -4.42. The number of nitrogens with zero attached hydrogens (tertiary/aromatic N) is 2. The van der Waals surface area contributed by atoms with Gasteiger partial charge in [-0.3, -0.25) is 0 Å². The van der Waals surface area contributed by atoms with Crippen molar-refractivity contribution in [2.45, 2.75) is 13.1 Å². The molecule has 1 aliphatic heterocycles. The van der Waals surface area contributed by atoms with Crippen molar-refractivity contribution >= 4 is 29.0 Å². The first kappa shape index (κ1) is 19.4. The number of alkyl halides is 3. The van der Waals surface area contributed by atoms with Crippen LogP contribution in [0.15, 0.2) is 42.5 Å². The number of hydrogen-bond acceptors (Lipinski definition) is 2. The third-order valence-corrected chi connectivity index (χ3v) is 4.89. The molecular weight excluding hydrogens is 379 g/mol. The fourth-order valence-electron chi connectivity index (χ4n) is 2.99. The standard InChI is InChI=1S/C19H19ClF3N3O/c1-13-4-2-3-5-16(13)24-18(27)26-10-8-25(9-11-26)17-12-14(19(21,22)23)6-7-15(17)20/h2-7,12H,8-11H2,1H3,(H,24,27). The average Bonchev–Trinajstić information content (AvgIpc) is 2.63. The molecule has 27 heavy (non-hydrogen) atoms. The Bertz CT molecular complexity index is 833. The zero-order chi connectivity index (χ0) is 19.6. The molecule has 0 spiro atoms. The van der Waals surface area contributed by atoms with Gasteiger partial charge in [0.1, 0.15) is 0 Å². The van der Waals surface area contributed by atoms with Crippen LogP contribution >= 0.6 is 11.6 Å². The first-order valence-electron chi connectivity index (χ1n) is 8.49. The highest BCUT2D eigenvalue weighted by atomic mass is 35.5. The van der Waals surface area contributed by atoms with Crippen molar-refractivity contribution in [2.75, 3.05) is 36.4 Å². The molecule has 0 unspecified atom stereocenters.